The molecule has 0 amide bonds. The van der Waals surface area contributed by atoms with Gasteiger partial charge in [0.2, 0.25) is 5.75 Å². The normalized spacial score (nSPS) is 14.1. The van der Waals surface area contributed by atoms with Gasteiger partial charge in [0.25, 0.3) is 0 Å². The van der Waals surface area contributed by atoms with Crippen LogP contribution in [0.25, 0.3) is 11.3 Å². The minimum atomic E-state index is -0.753. The standard InChI is InChI=1S/C25H25BrFN7O3/c1-14(37-23-9-16(26)13-28-25(23)34(35)36)21-10-17(27)6-7-20(21)24-22(30-33(3)31-24)12-19-11-18(29-32(19)2)8-15-4-5-15/h6-7,9-11,13-15H,4-5,8,12H2,1-3H3/t14-/m1/s1. The van der Waals surface area contributed by atoms with E-state index in [2.05, 4.69) is 42.3 Å². The van der Waals surface area contributed by atoms with Crippen molar-refractivity contribution in [1.82, 2.24) is 29.8 Å². The number of hydrogen-bond donors (Lipinski definition) is 0. The number of ether oxygens (including phenoxy) is 1. The Balaban J connectivity index is 1.49. The minimum absolute atomic E-state index is 0.0282. The van der Waals surface area contributed by atoms with Gasteiger partial charge in [-0.1, -0.05) is 0 Å². The molecule has 0 spiro atoms. The molecule has 10 nitrogen and oxygen atoms in total. The van der Waals surface area contributed by atoms with Gasteiger partial charge in [-0.2, -0.15) is 20.1 Å². The summed E-state index contributed by atoms with van der Waals surface area (Å²) in [4.78, 5) is 16.2. The summed E-state index contributed by atoms with van der Waals surface area (Å²) >= 11 is 3.27. The minimum Gasteiger partial charge on any atom is -0.478 e. The van der Waals surface area contributed by atoms with Gasteiger partial charge >= 0.3 is 5.82 Å². The Morgan fingerprint density at radius 3 is 2.73 bits per heavy atom. The van der Waals surface area contributed by atoms with E-state index in [1.807, 2.05) is 11.7 Å². The number of aromatic nitrogens is 6. The molecule has 0 radical (unpaired) electrons. The van der Waals surface area contributed by atoms with Crippen molar-refractivity contribution in [2.24, 2.45) is 20.0 Å². The van der Waals surface area contributed by atoms with Crippen LogP contribution in [0.1, 0.15) is 48.5 Å². The Labute approximate surface area is 220 Å². The molecule has 1 aliphatic carbocycles. The molecule has 192 valence electrons. The zero-order valence-electron chi connectivity index (χ0n) is 20.6. The fraction of sp³-hybridized carbons (Fsp3) is 0.360. The quantitative estimate of drug-likeness (QED) is 0.203. The Hall–Kier alpha value is -3.67. The highest BCUT2D eigenvalue weighted by atomic mass is 79.9. The van der Waals surface area contributed by atoms with Crippen LogP contribution in [0, 0.1) is 21.8 Å². The van der Waals surface area contributed by atoms with E-state index in [9.17, 15) is 14.5 Å². The van der Waals surface area contributed by atoms with Crippen molar-refractivity contribution in [3.8, 4) is 17.0 Å². The van der Waals surface area contributed by atoms with Crippen LogP contribution in [0.3, 0.4) is 0 Å². The number of nitrogens with zero attached hydrogens (tertiary/aromatic N) is 7. The van der Waals surface area contributed by atoms with E-state index in [1.54, 1.807) is 20.0 Å². The van der Waals surface area contributed by atoms with E-state index in [4.69, 9.17) is 4.74 Å². The highest BCUT2D eigenvalue weighted by Gasteiger charge is 2.26. The molecule has 1 aliphatic rings. The van der Waals surface area contributed by atoms with Crippen LogP contribution in [0.4, 0.5) is 10.2 Å². The van der Waals surface area contributed by atoms with Crippen molar-refractivity contribution in [3.05, 3.63) is 79.6 Å². The Kier molecular flexibility index (Phi) is 6.76. The van der Waals surface area contributed by atoms with Gasteiger partial charge < -0.3 is 14.9 Å². The van der Waals surface area contributed by atoms with E-state index >= 15 is 0 Å². The van der Waals surface area contributed by atoms with Crippen LogP contribution in [0.15, 0.2) is 41.0 Å². The van der Waals surface area contributed by atoms with Crippen LogP contribution in [0.2, 0.25) is 0 Å². The average molecular weight is 570 g/mol. The molecule has 1 aromatic carbocycles. The molecule has 0 saturated heterocycles. The molecule has 0 aliphatic heterocycles. The van der Waals surface area contributed by atoms with Gasteiger partial charge in [0.15, 0.2) is 6.20 Å². The van der Waals surface area contributed by atoms with Gasteiger partial charge in [-0.3, -0.25) is 4.68 Å². The molecule has 12 heteroatoms. The van der Waals surface area contributed by atoms with E-state index < -0.39 is 22.7 Å². The molecule has 0 bridgehead atoms. The number of halogens is 2. The maximum absolute atomic E-state index is 14.4. The summed E-state index contributed by atoms with van der Waals surface area (Å²) in [5.74, 6) is -0.182. The lowest BCUT2D eigenvalue weighted by atomic mass is 9.98. The van der Waals surface area contributed by atoms with E-state index in [0.29, 0.717) is 33.4 Å². The first-order chi connectivity index (χ1) is 17.7. The van der Waals surface area contributed by atoms with E-state index in [0.717, 1.165) is 23.7 Å². The summed E-state index contributed by atoms with van der Waals surface area (Å²) < 4.78 is 22.8. The lowest BCUT2D eigenvalue weighted by Gasteiger charge is -2.18. The van der Waals surface area contributed by atoms with Crippen LogP contribution in [-0.4, -0.2) is 34.7 Å². The largest absolute Gasteiger partial charge is 0.478 e. The predicted molar refractivity (Wildman–Crippen MR) is 136 cm³/mol. The van der Waals surface area contributed by atoms with E-state index in [-0.39, 0.29) is 5.75 Å². The molecule has 3 aromatic heterocycles. The summed E-state index contributed by atoms with van der Waals surface area (Å²) in [6.45, 7) is 1.70. The number of aryl methyl sites for hydroxylation is 2. The fourth-order valence-electron chi connectivity index (χ4n) is 4.38. The summed E-state index contributed by atoms with van der Waals surface area (Å²) in [6.07, 6.45) is 4.56. The highest BCUT2D eigenvalue weighted by molar-refractivity contribution is 9.10. The third-order valence-corrected chi connectivity index (χ3v) is 6.77. The predicted octanol–water partition coefficient (Wildman–Crippen LogP) is 5.10. The summed E-state index contributed by atoms with van der Waals surface area (Å²) in [5.41, 5.74) is 4.47. The molecule has 0 N–H and O–H groups in total. The zero-order chi connectivity index (χ0) is 26.3. The zero-order valence-corrected chi connectivity index (χ0v) is 22.1. The second-order valence-corrected chi connectivity index (χ2v) is 10.2. The van der Waals surface area contributed by atoms with Crippen LogP contribution >= 0.6 is 15.9 Å². The smallest absolute Gasteiger partial charge is 0.406 e. The van der Waals surface area contributed by atoms with Gasteiger partial charge in [-0.25, -0.2) is 4.39 Å². The van der Waals surface area contributed by atoms with Crippen molar-refractivity contribution < 1.29 is 14.1 Å². The van der Waals surface area contributed by atoms with Crippen LogP contribution < -0.4 is 4.74 Å². The third kappa shape index (κ3) is 5.53. The Morgan fingerprint density at radius 2 is 2.00 bits per heavy atom. The first-order valence-corrected chi connectivity index (χ1v) is 12.7. The van der Waals surface area contributed by atoms with Crippen LogP contribution in [0.5, 0.6) is 5.75 Å². The molecule has 1 fully saturated rings. The molecule has 37 heavy (non-hydrogen) atoms. The van der Waals surface area contributed by atoms with Crippen molar-refractivity contribution in [2.45, 2.75) is 38.7 Å². The van der Waals surface area contributed by atoms with Gasteiger partial charge in [0, 0.05) is 43.4 Å². The summed E-state index contributed by atoms with van der Waals surface area (Å²) in [6, 6.07) is 7.91. The molecule has 5 rings (SSSR count). The Morgan fingerprint density at radius 1 is 1.22 bits per heavy atom. The Bertz CT molecular complexity index is 1480. The summed E-state index contributed by atoms with van der Waals surface area (Å²) in [5, 5.41) is 25.3. The van der Waals surface area contributed by atoms with E-state index in [1.165, 1.54) is 42.0 Å². The maximum Gasteiger partial charge on any atom is 0.406 e. The first-order valence-electron chi connectivity index (χ1n) is 11.9. The monoisotopic (exact) mass is 569 g/mol. The van der Waals surface area contributed by atoms with Gasteiger partial charge in [0.05, 0.1) is 15.9 Å². The lowest BCUT2D eigenvalue weighted by molar-refractivity contribution is -0.390. The lowest BCUT2D eigenvalue weighted by Crippen LogP contribution is -2.09. The van der Waals surface area contributed by atoms with Gasteiger partial charge in [0.1, 0.15) is 17.6 Å². The number of nitro groups is 1. The second kappa shape index (κ2) is 10.0. The molecule has 1 atom stereocenters. The molecular formula is C25H25BrFN7O3. The maximum atomic E-state index is 14.4. The second-order valence-electron chi connectivity index (χ2n) is 9.28. The first kappa shape index (κ1) is 25.0. The molecular weight excluding hydrogens is 545 g/mol. The highest BCUT2D eigenvalue weighted by Crippen LogP contribution is 2.36. The van der Waals surface area contributed by atoms with Gasteiger partial charge in [-0.15, -0.1) is 0 Å². The molecule has 3 heterocycles. The number of rotatable bonds is 9. The number of hydrogen-bond acceptors (Lipinski definition) is 7. The average Bonchev–Trinajstić information content (AvgIpc) is 3.48. The number of pyridine rings is 1. The van der Waals surface area contributed by atoms with Crippen LogP contribution in [-0.2, 0) is 26.9 Å². The number of benzene rings is 1. The fourth-order valence-corrected chi connectivity index (χ4v) is 4.69. The summed E-state index contributed by atoms with van der Waals surface area (Å²) in [7, 11) is 3.65. The third-order valence-electron chi connectivity index (χ3n) is 6.34. The van der Waals surface area contributed by atoms with Gasteiger partial charge in [-0.05, 0) is 82.2 Å². The topological polar surface area (TPSA) is 114 Å². The van der Waals surface area contributed by atoms with Crippen molar-refractivity contribution in [3.63, 3.8) is 0 Å². The molecule has 0 unspecified atom stereocenters. The van der Waals surface area contributed by atoms with Crippen molar-refractivity contribution in [2.75, 3.05) is 0 Å². The molecule has 1 saturated carbocycles. The van der Waals surface area contributed by atoms with Crippen molar-refractivity contribution in [1.29, 1.82) is 0 Å². The molecule has 4 aromatic rings. The van der Waals surface area contributed by atoms with Crippen molar-refractivity contribution >= 4 is 21.7 Å². The SMILES string of the molecule is C[C@@H](Oc1cc(Br)cnc1[N+](=O)[O-])c1cc(F)ccc1-c1nn(C)nc1Cc1cc(CC2CC2)nn1C.